The number of amides is 2. The molecule has 4 nitrogen and oxygen atoms in total. The molecule has 0 saturated carbocycles. The largest absolute Gasteiger partial charge is 0.338 e. The number of hydrogen-bond acceptors (Lipinski definition) is 2. The number of halogens is 1. The third-order valence-electron chi connectivity index (χ3n) is 2.88. The molecule has 1 aliphatic heterocycles. The van der Waals surface area contributed by atoms with Crippen molar-refractivity contribution in [3.8, 4) is 0 Å². The lowest BCUT2D eigenvalue weighted by Crippen LogP contribution is -2.45. The fraction of sp³-hybridized carbons (Fsp3) is 0.417. The number of benzene rings is 1. The number of carbonyl (C=O) groups excluding carboxylic acids is 1. The van der Waals surface area contributed by atoms with Crippen LogP contribution in [-0.2, 0) is 13.1 Å². The molecule has 2 amide bonds. The molecule has 1 aromatic rings. The Morgan fingerprint density at radius 1 is 1.47 bits per heavy atom. The summed E-state index contributed by atoms with van der Waals surface area (Å²) >= 11 is 0. The van der Waals surface area contributed by atoms with Gasteiger partial charge in [0, 0.05) is 25.2 Å². The molecule has 2 rings (SSSR count). The van der Waals surface area contributed by atoms with Gasteiger partial charge in [-0.3, -0.25) is 0 Å². The monoisotopic (exact) mass is 237 g/mol. The second kappa shape index (κ2) is 5.14. The van der Waals surface area contributed by atoms with Crippen LogP contribution in [0.4, 0.5) is 9.18 Å². The van der Waals surface area contributed by atoms with E-state index in [0.717, 1.165) is 12.0 Å². The number of rotatable bonds is 3. The van der Waals surface area contributed by atoms with Gasteiger partial charge in [0.2, 0.25) is 0 Å². The summed E-state index contributed by atoms with van der Waals surface area (Å²) in [5.74, 6) is -0.300. The quantitative estimate of drug-likeness (QED) is 0.830. The van der Waals surface area contributed by atoms with Crippen molar-refractivity contribution in [1.82, 2.24) is 10.2 Å². The van der Waals surface area contributed by atoms with Crippen LogP contribution in [0.5, 0.6) is 0 Å². The van der Waals surface area contributed by atoms with Gasteiger partial charge < -0.3 is 16.0 Å². The van der Waals surface area contributed by atoms with Crippen molar-refractivity contribution in [3.05, 3.63) is 35.1 Å². The van der Waals surface area contributed by atoms with E-state index in [4.69, 9.17) is 5.73 Å². The maximum absolute atomic E-state index is 13.7. The van der Waals surface area contributed by atoms with Crippen LogP contribution in [-0.4, -0.2) is 24.0 Å². The minimum atomic E-state index is -0.300. The Bertz CT molecular complexity index is 422. The molecule has 3 N–H and O–H groups in total. The molecule has 5 heteroatoms. The Morgan fingerprint density at radius 3 is 2.94 bits per heavy atom. The lowest BCUT2D eigenvalue weighted by Gasteiger charge is -2.27. The second-order valence-corrected chi connectivity index (χ2v) is 4.14. The highest BCUT2D eigenvalue weighted by atomic mass is 19.1. The van der Waals surface area contributed by atoms with Gasteiger partial charge in [-0.1, -0.05) is 12.1 Å². The number of nitrogens with zero attached hydrogens (tertiary/aromatic N) is 1. The van der Waals surface area contributed by atoms with Gasteiger partial charge in [0.15, 0.2) is 0 Å². The number of carbonyl (C=O) groups is 1. The zero-order valence-electron chi connectivity index (χ0n) is 9.58. The van der Waals surface area contributed by atoms with Crippen molar-refractivity contribution in [2.24, 2.45) is 5.73 Å². The summed E-state index contributed by atoms with van der Waals surface area (Å²) < 4.78 is 13.7. The summed E-state index contributed by atoms with van der Waals surface area (Å²) in [5.41, 5.74) is 6.72. The van der Waals surface area contributed by atoms with Gasteiger partial charge in [0.1, 0.15) is 5.82 Å². The standard InChI is InChI=1S/C12H16FN3O/c13-11-6-9(7-14)2-3-10(11)8-16-5-1-4-15-12(16)17/h2-3,6H,1,4-5,7-8,14H2,(H,15,17). The van der Waals surface area contributed by atoms with Crippen molar-refractivity contribution in [2.75, 3.05) is 13.1 Å². The first-order valence-electron chi connectivity index (χ1n) is 5.71. The van der Waals surface area contributed by atoms with Crippen molar-refractivity contribution in [2.45, 2.75) is 19.5 Å². The van der Waals surface area contributed by atoms with E-state index in [9.17, 15) is 9.18 Å². The topological polar surface area (TPSA) is 58.4 Å². The van der Waals surface area contributed by atoms with Crippen LogP contribution >= 0.6 is 0 Å². The highest BCUT2D eigenvalue weighted by Gasteiger charge is 2.18. The van der Waals surface area contributed by atoms with Crippen LogP contribution in [0.3, 0.4) is 0 Å². The molecule has 1 fully saturated rings. The van der Waals surface area contributed by atoms with Crippen LogP contribution in [0.1, 0.15) is 17.5 Å². The molecule has 0 unspecified atom stereocenters. The molecule has 0 bridgehead atoms. The van der Waals surface area contributed by atoms with E-state index < -0.39 is 0 Å². The van der Waals surface area contributed by atoms with Crippen LogP contribution in [0.15, 0.2) is 18.2 Å². The molecule has 92 valence electrons. The molecule has 1 aliphatic rings. The van der Waals surface area contributed by atoms with E-state index >= 15 is 0 Å². The number of hydrogen-bond donors (Lipinski definition) is 2. The van der Waals surface area contributed by atoms with Crippen LogP contribution in [0, 0.1) is 5.82 Å². The average molecular weight is 237 g/mol. The minimum Gasteiger partial charge on any atom is -0.338 e. The van der Waals surface area contributed by atoms with Gasteiger partial charge in [-0.2, -0.15) is 0 Å². The second-order valence-electron chi connectivity index (χ2n) is 4.14. The first kappa shape index (κ1) is 11.9. The predicted octanol–water partition coefficient (Wildman–Crippen LogP) is 1.20. The van der Waals surface area contributed by atoms with Gasteiger partial charge in [-0.15, -0.1) is 0 Å². The highest BCUT2D eigenvalue weighted by molar-refractivity contribution is 5.74. The molecule has 17 heavy (non-hydrogen) atoms. The summed E-state index contributed by atoms with van der Waals surface area (Å²) in [5, 5.41) is 2.74. The lowest BCUT2D eigenvalue weighted by molar-refractivity contribution is 0.182. The summed E-state index contributed by atoms with van der Waals surface area (Å²) in [6.45, 7) is 2.00. The van der Waals surface area contributed by atoms with Gasteiger partial charge in [-0.25, -0.2) is 9.18 Å². The Morgan fingerprint density at radius 2 is 2.29 bits per heavy atom. The van der Waals surface area contributed by atoms with E-state index in [2.05, 4.69) is 5.32 Å². The maximum Gasteiger partial charge on any atom is 0.317 e. The van der Waals surface area contributed by atoms with Gasteiger partial charge in [0.25, 0.3) is 0 Å². The minimum absolute atomic E-state index is 0.126. The number of urea groups is 1. The van der Waals surface area contributed by atoms with E-state index in [1.165, 1.54) is 6.07 Å². The number of nitrogens with one attached hydrogen (secondary N) is 1. The van der Waals surface area contributed by atoms with Crippen LogP contribution in [0.25, 0.3) is 0 Å². The summed E-state index contributed by atoms with van der Waals surface area (Å²) in [4.78, 5) is 13.1. The lowest BCUT2D eigenvalue weighted by atomic mass is 10.1. The summed E-state index contributed by atoms with van der Waals surface area (Å²) in [6.07, 6.45) is 0.897. The molecule has 1 aromatic carbocycles. The van der Waals surface area contributed by atoms with E-state index in [0.29, 0.717) is 31.7 Å². The SMILES string of the molecule is NCc1ccc(CN2CCCNC2=O)c(F)c1. The molecular formula is C12H16FN3O. The van der Waals surface area contributed by atoms with Crippen molar-refractivity contribution >= 4 is 6.03 Å². The van der Waals surface area contributed by atoms with Crippen LogP contribution in [0.2, 0.25) is 0 Å². The fourth-order valence-corrected chi connectivity index (χ4v) is 1.88. The zero-order chi connectivity index (χ0) is 12.3. The third-order valence-corrected chi connectivity index (χ3v) is 2.88. The van der Waals surface area contributed by atoms with E-state index in [1.54, 1.807) is 17.0 Å². The van der Waals surface area contributed by atoms with Crippen molar-refractivity contribution in [3.63, 3.8) is 0 Å². The molecule has 0 aromatic heterocycles. The molecule has 1 saturated heterocycles. The highest BCUT2D eigenvalue weighted by Crippen LogP contribution is 2.14. The Kier molecular flexibility index (Phi) is 3.58. The first-order chi connectivity index (χ1) is 8.20. The van der Waals surface area contributed by atoms with Gasteiger partial charge >= 0.3 is 6.03 Å². The molecule has 0 spiro atoms. The molecule has 1 heterocycles. The summed E-state index contributed by atoms with van der Waals surface area (Å²) in [6, 6.07) is 4.79. The fourth-order valence-electron chi connectivity index (χ4n) is 1.88. The normalized spacial score (nSPS) is 15.9. The van der Waals surface area contributed by atoms with Crippen molar-refractivity contribution in [1.29, 1.82) is 0 Å². The third kappa shape index (κ3) is 2.74. The summed E-state index contributed by atoms with van der Waals surface area (Å²) in [7, 11) is 0. The Labute approximate surface area is 99.6 Å². The predicted molar refractivity (Wildman–Crippen MR) is 62.7 cm³/mol. The van der Waals surface area contributed by atoms with Crippen LogP contribution < -0.4 is 11.1 Å². The van der Waals surface area contributed by atoms with Gasteiger partial charge in [-0.05, 0) is 18.1 Å². The molecular weight excluding hydrogens is 221 g/mol. The van der Waals surface area contributed by atoms with Crippen molar-refractivity contribution < 1.29 is 9.18 Å². The molecule has 0 atom stereocenters. The first-order valence-corrected chi connectivity index (χ1v) is 5.71. The van der Waals surface area contributed by atoms with E-state index in [1.807, 2.05) is 0 Å². The molecule has 0 radical (unpaired) electrons. The maximum atomic E-state index is 13.7. The Balaban J connectivity index is 2.10. The number of nitrogens with two attached hydrogens (primary N) is 1. The van der Waals surface area contributed by atoms with E-state index in [-0.39, 0.29) is 11.8 Å². The smallest absolute Gasteiger partial charge is 0.317 e. The Hall–Kier alpha value is -1.62. The zero-order valence-corrected chi connectivity index (χ0v) is 9.58. The molecule has 0 aliphatic carbocycles. The van der Waals surface area contributed by atoms with Gasteiger partial charge in [0.05, 0.1) is 6.54 Å². The average Bonchev–Trinajstić information content (AvgIpc) is 2.34.